The van der Waals surface area contributed by atoms with Crippen molar-refractivity contribution in [2.45, 2.75) is 38.8 Å². The molecule has 0 spiro atoms. The molecule has 0 aromatic heterocycles. The van der Waals surface area contributed by atoms with E-state index in [2.05, 4.69) is 51.7 Å². The summed E-state index contributed by atoms with van der Waals surface area (Å²) in [5.74, 6) is -0.0855. The second kappa shape index (κ2) is 10.3. The van der Waals surface area contributed by atoms with E-state index in [0.29, 0.717) is 30.5 Å². The van der Waals surface area contributed by atoms with Crippen molar-refractivity contribution in [2.75, 3.05) is 26.7 Å². The summed E-state index contributed by atoms with van der Waals surface area (Å²) >= 11 is 0. The van der Waals surface area contributed by atoms with Crippen LogP contribution in [0.1, 0.15) is 29.5 Å². The highest BCUT2D eigenvalue weighted by Crippen LogP contribution is 2.16. The molecule has 2 N–H and O–H groups in total. The van der Waals surface area contributed by atoms with Gasteiger partial charge in [-0.05, 0) is 61.1 Å². The Morgan fingerprint density at radius 2 is 1.86 bits per heavy atom. The highest BCUT2D eigenvalue weighted by molar-refractivity contribution is 5.79. The zero-order valence-electron chi connectivity index (χ0n) is 17.2. The van der Waals surface area contributed by atoms with Gasteiger partial charge in [-0.2, -0.15) is 0 Å². The Kier molecular flexibility index (Phi) is 7.58. The molecular formula is C23H30F2N4. The van der Waals surface area contributed by atoms with E-state index >= 15 is 0 Å². The molecule has 6 heteroatoms. The molecule has 1 aliphatic rings. The molecular weight excluding hydrogens is 370 g/mol. The van der Waals surface area contributed by atoms with Gasteiger partial charge in [0, 0.05) is 39.3 Å². The Labute approximate surface area is 172 Å². The van der Waals surface area contributed by atoms with Crippen LogP contribution in [0, 0.1) is 18.6 Å². The number of benzene rings is 2. The summed E-state index contributed by atoms with van der Waals surface area (Å²) in [6, 6.07) is 12.5. The van der Waals surface area contributed by atoms with E-state index in [-0.39, 0.29) is 5.82 Å². The average Bonchev–Trinajstić information content (AvgIpc) is 2.72. The van der Waals surface area contributed by atoms with E-state index in [1.165, 1.54) is 23.3 Å². The van der Waals surface area contributed by atoms with E-state index in [0.717, 1.165) is 38.5 Å². The van der Waals surface area contributed by atoms with Crippen LogP contribution in [0.25, 0.3) is 0 Å². The van der Waals surface area contributed by atoms with Gasteiger partial charge in [-0.25, -0.2) is 8.78 Å². The smallest absolute Gasteiger partial charge is 0.191 e. The summed E-state index contributed by atoms with van der Waals surface area (Å²) in [4.78, 5) is 6.75. The number of halogens is 2. The van der Waals surface area contributed by atoms with Crippen molar-refractivity contribution in [2.24, 2.45) is 4.99 Å². The largest absolute Gasteiger partial charge is 0.356 e. The first-order chi connectivity index (χ1) is 14.0. The van der Waals surface area contributed by atoms with Crippen LogP contribution in [0.2, 0.25) is 0 Å². The molecule has 0 amide bonds. The van der Waals surface area contributed by atoms with Gasteiger partial charge in [0.05, 0.1) is 0 Å². The third kappa shape index (κ3) is 6.26. The van der Waals surface area contributed by atoms with Gasteiger partial charge in [0.2, 0.25) is 0 Å². The van der Waals surface area contributed by atoms with Crippen molar-refractivity contribution in [1.82, 2.24) is 15.5 Å². The number of hydrogen-bond donors (Lipinski definition) is 2. The topological polar surface area (TPSA) is 39.7 Å². The minimum atomic E-state index is -0.415. The van der Waals surface area contributed by atoms with Crippen molar-refractivity contribution in [3.63, 3.8) is 0 Å². The molecule has 1 aliphatic heterocycles. The SMILES string of the molecule is CN=C(NCCc1cc(F)ccc1F)NC1CCN(Cc2ccccc2C)CC1. The highest BCUT2D eigenvalue weighted by Gasteiger charge is 2.20. The lowest BCUT2D eigenvalue weighted by Gasteiger charge is -2.33. The molecule has 156 valence electrons. The fourth-order valence-electron chi connectivity index (χ4n) is 3.70. The monoisotopic (exact) mass is 400 g/mol. The fourth-order valence-corrected chi connectivity index (χ4v) is 3.70. The molecule has 3 rings (SSSR count). The molecule has 0 unspecified atom stereocenters. The molecule has 2 aromatic carbocycles. The van der Waals surface area contributed by atoms with Crippen molar-refractivity contribution >= 4 is 5.96 Å². The minimum Gasteiger partial charge on any atom is -0.356 e. The van der Waals surface area contributed by atoms with Crippen LogP contribution in [0.15, 0.2) is 47.5 Å². The van der Waals surface area contributed by atoms with E-state index in [9.17, 15) is 8.78 Å². The number of aliphatic imine (C=N–C) groups is 1. The Morgan fingerprint density at radius 1 is 1.10 bits per heavy atom. The van der Waals surface area contributed by atoms with Gasteiger partial charge < -0.3 is 10.6 Å². The van der Waals surface area contributed by atoms with Crippen LogP contribution in [0.3, 0.4) is 0 Å². The third-order valence-corrected chi connectivity index (χ3v) is 5.50. The first-order valence-corrected chi connectivity index (χ1v) is 10.2. The van der Waals surface area contributed by atoms with Gasteiger partial charge in [0.25, 0.3) is 0 Å². The molecule has 1 heterocycles. The maximum atomic E-state index is 13.7. The molecule has 29 heavy (non-hydrogen) atoms. The van der Waals surface area contributed by atoms with Crippen molar-refractivity contribution in [3.05, 3.63) is 70.8 Å². The normalized spacial score (nSPS) is 16.1. The number of nitrogens with zero attached hydrogens (tertiary/aromatic N) is 2. The molecule has 0 radical (unpaired) electrons. The number of rotatable bonds is 6. The summed E-state index contributed by atoms with van der Waals surface area (Å²) in [5, 5.41) is 6.66. The van der Waals surface area contributed by atoms with Gasteiger partial charge >= 0.3 is 0 Å². The lowest BCUT2D eigenvalue weighted by atomic mass is 10.0. The first kappa shape index (κ1) is 21.2. The summed E-state index contributed by atoms with van der Waals surface area (Å²) in [7, 11) is 1.73. The number of likely N-dealkylation sites (tertiary alicyclic amines) is 1. The van der Waals surface area contributed by atoms with E-state index in [1.807, 2.05) is 0 Å². The number of aryl methyl sites for hydroxylation is 1. The first-order valence-electron chi connectivity index (χ1n) is 10.2. The van der Waals surface area contributed by atoms with Crippen LogP contribution < -0.4 is 10.6 Å². The van der Waals surface area contributed by atoms with Crippen LogP contribution >= 0.6 is 0 Å². The molecule has 0 bridgehead atoms. The predicted octanol–water partition coefficient (Wildman–Crippen LogP) is 3.65. The van der Waals surface area contributed by atoms with Gasteiger partial charge in [-0.1, -0.05) is 24.3 Å². The van der Waals surface area contributed by atoms with Crippen LogP contribution in [-0.2, 0) is 13.0 Å². The molecule has 1 saturated heterocycles. The lowest BCUT2D eigenvalue weighted by Crippen LogP contribution is -2.48. The third-order valence-electron chi connectivity index (χ3n) is 5.50. The average molecular weight is 401 g/mol. The molecule has 2 aromatic rings. The molecule has 1 fully saturated rings. The molecule has 0 atom stereocenters. The molecule has 4 nitrogen and oxygen atoms in total. The maximum Gasteiger partial charge on any atom is 0.191 e. The second-order valence-corrected chi connectivity index (χ2v) is 7.61. The Bertz CT molecular complexity index is 829. The van der Waals surface area contributed by atoms with Crippen molar-refractivity contribution in [1.29, 1.82) is 0 Å². The molecule has 0 aliphatic carbocycles. The maximum absolute atomic E-state index is 13.7. The zero-order valence-corrected chi connectivity index (χ0v) is 17.2. The van der Waals surface area contributed by atoms with Crippen molar-refractivity contribution in [3.8, 4) is 0 Å². The van der Waals surface area contributed by atoms with Gasteiger partial charge in [0.15, 0.2) is 5.96 Å². The van der Waals surface area contributed by atoms with E-state index < -0.39 is 5.82 Å². The summed E-state index contributed by atoms with van der Waals surface area (Å²) in [6.07, 6.45) is 2.50. The minimum absolute atomic E-state index is 0.361. The van der Waals surface area contributed by atoms with Gasteiger partial charge in [-0.3, -0.25) is 9.89 Å². The summed E-state index contributed by atoms with van der Waals surface area (Å²) in [6.45, 7) is 5.72. The number of nitrogens with one attached hydrogen (secondary N) is 2. The van der Waals surface area contributed by atoms with Crippen molar-refractivity contribution < 1.29 is 8.78 Å². The fraction of sp³-hybridized carbons (Fsp3) is 0.435. The second-order valence-electron chi connectivity index (χ2n) is 7.61. The summed E-state index contributed by atoms with van der Waals surface area (Å²) in [5.41, 5.74) is 3.10. The zero-order chi connectivity index (χ0) is 20.6. The van der Waals surface area contributed by atoms with E-state index in [4.69, 9.17) is 0 Å². The van der Waals surface area contributed by atoms with Crippen LogP contribution in [-0.4, -0.2) is 43.6 Å². The van der Waals surface area contributed by atoms with Crippen LogP contribution in [0.4, 0.5) is 8.78 Å². The summed E-state index contributed by atoms with van der Waals surface area (Å²) < 4.78 is 27.0. The quantitative estimate of drug-likeness (QED) is 0.574. The van der Waals surface area contributed by atoms with Crippen LogP contribution in [0.5, 0.6) is 0 Å². The number of hydrogen-bond acceptors (Lipinski definition) is 2. The van der Waals surface area contributed by atoms with Gasteiger partial charge in [-0.15, -0.1) is 0 Å². The predicted molar refractivity (Wildman–Crippen MR) is 114 cm³/mol. The Morgan fingerprint density at radius 3 is 2.59 bits per heavy atom. The highest BCUT2D eigenvalue weighted by atomic mass is 19.1. The Hall–Kier alpha value is -2.47. The number of piperidine rings is 1. The van der Waals surface area contributed by atoms with E-state index in [1.54, 1.807) is 7.05 Å². The Balaban J connectivity index is 1.41. The molecule has 0 saturated carbocycles. The number of guanidine groups is 1. The standard InChI is InChI=1S/C23H30F2N4/c1-17-5-3-4-6-19(17)16-29-13-10-21(11-14-29)28-23(26-2)27-12-9-18-15-20(24)7-8-22(18)25/h3-8,15,21H,9-14,16H2,1-2H3,(H2,26,27,28). The lowest BCUT2D eigenvalue weighted by molar-refractivity contribution is 0.198. The van der Waals surface area contributed by atoms with Gasteiger partial charge in [0.1, 0.15) is 11.6 Å².